The van der Waals surface area contributed by atoms with Gasteiger partial charge in [-0.3, -0.25) is 14.3 Å². The van der Waals surface area contributed by atoms with E-state index in [-0.39, 0.29) is 17.9 Å². The predicted molar refractivity (Wildman–Crippen MR) is 74.2 cm³/mol. The highest BCUT2D eigenvalue weighted by Gasteiger charge is 2.41. The molecule has 0 bridgehead atoms. The molecular formula is C14H20N4O2. The van der Waals surface area contributed by atoms with Gasteiger partial charge in [0.1, 0.15) is 6.04 Å². The summed E-state index contributed by atoms with van der Waals surface area (Å²) in [6, 6.07) is -0.352. The number of hydrogen-bond donors (Lipinski definition) is 1. The van der Waals surface area contributed by atoms with Gasteiger partial charge in [-0.2, -0.15) is 5.10 Å². The van der Waals surface area contributed by atoms with Gasteiger partial charge >= 0.3 is 0 Å². The van der Waals surface area contributed by atoms with E-state index in [4.69, 9.17) is 0 Å². The summed E-state index contributed by atoms with van der Waals surface area (Å²) in [5.41, 5.74) is 1.76. The highest BCUT2D eigenvalue weighted by atomic mass is 16.2. The van der Waals surface area contributed by atoms with Crippen LogP contribution in [0.3, 0.4) is 0 Å². The van der Waals surface area contributed by atoms with Crippen molar-refractivity contribution in [3.05, 3.63) is 11.9 Å². The molecule has 1 aromatic rings. The van der Waals surface area contributed by atoms with E-state index in [9.17, 15) is 9.59 Å². The van der Waals surface area contributed by atoms with Crippen LogP contribution in [0, 0.1) is 5.92 Å². The highest BCUT2D eigenvalue weighted by Crippen LogP contribution is 2.35. The number of carbonyl (C=O) groups is 2. The van der Waals surface area contributed by atoms with Crippen molar-refractivity contribution in [2.75, 3.05) is 11.4 Å². The van der Waals surface area contributed by atoms with E-state index in [1.165, 1.54) is 0 Å². The van der Waals surface area contributed by atoms with Crippen molar-refractivity contribution in [2.45, 2.75) is 38.6 Å². The monoisotopic (exact) mass is 276 g/mol. The third-order valence-corrected chi connectivity index (χ3v) is 4.01. The number of nitrogens with one attached hydrogen (secondary N) is 1. The smallest absolute Gasteiger partial charge is 0.249 e. The van der Waals surface area contributed by atoms with Crippen molar-refractivity contribution in [1.82, 2.24) is 15.1 Å². The first-order chi connectivity index (χ1) is 9.60. The number of hydrogen-bond acceptors (Lipinski definition) is 3. The zero-order valence-corrected chi connectivity index (χ0v) is 11.9. The molecule has 1 saturated heterocycles. The maximum absolute atomic E-state index is 12.7. The molecule has 1 N–H and O–H groups in total. The minimum absolute atomic E-state index is 0.0149. The molecule has 6 heteroatoms. The van der Waals surface area contributed by atoms with Crippen LogP contribution in [0.4, 0.5) is 5.69 Å². The predicted octanol–water partition coefficient (Wildman–Crippen LogP) is 0.614. The maximum atomic E-state index is 12.7. The number of aromatic nitrogens is 2. The average Bonchev–Trinajstić information content (AvgIpc) is 3.20. The Hall–Kier alpha value is -1.85. The van der Waals surface area contributed by atoms with Gasteiger partial charge in [0.15, 0.2) is 0 Å². The average molecular weight is 276 g/mol. The fraction of sp³-hybridized carbons (Fsp3) is 0.643. The molecule has 1 unspecified atom stereocenters. The number of amides is 2. The maximum Gasteiger partial charge on any atom is 0.249 e. The largest absolute Gasteiger partial charge is 0.344 e. The number of rotatable bonds is 3. The highest BCUT2D eigenvalue weighted by molar-refractivity contribution is 6.01. The van der Waals surface area contributed by atoms with Crippen molar-refractivity contribution in [3.8, 4) is 0 Å². The lowest BCUT2D eigenvalue weighted by atomic mass is 10.1. The van der Waals surface area contributed by atoms with Crippen LogP contribution in [0.25, 0.3) is 0 Å². The molecule has 3 rings (SSSR count). The summed E-state index contributed by atoms with van der Waals surface area (Å²) in [5.74, 6) is 0.300. The Morgan fingerprint density at radius 3 is 2.80 bits per heavy atom. The minimum Gasteiger partial charge on any atom is -0.344 e. The second-order valence-electron chi connectivity index (χ2n) is 5.61. The van der Waals surface area contributed by atoms with Gasteiger partial charge in [0, 0.05) is 26.2 Å². The van der Waals surface area contributed by atoms with E-state index in [2.05, 4.69) is 10.4 Å². The van der Waals surface area contributed by atoms with Gasteiger partial charge in [-0.25, -0.2) is 0 Å². The van der Waals surface area contributed by atoms with Crippen LogP contribution in [0.2, 0.25) is 0 Å². The Kier molecular flexibility index (Phi) is 3.23. The summed E-state index contributed by atoms with van der Waals surface area (Å²) >= 11 is 0. The molecule has 2 fully saturated rings. The summed E-state index contributed by atoms with van der Waals surface area (Å²) < 4.78 is 1.73. The molecule has 0 radical (unpaired) electrons. The molecule has 1 atom stereocenters. The lowest BCUT2D eigenvalue weighted by Crippen LogP contribution is -2.46. The molecule has 108 valence electrons. The zero-order valence-electron chi connectivity index (χ0n) is 11.9. The fourth-order valence-electron chi connectivity index (χ4n) is 2.79. The summed E-state index contributed by atoms with van der Waals surface area (Å²) in [5, 5.41) is 7.27. The summed E-state index contributed by atoms with van der Waals surface area (Å²) in [4.78, 5) is 26.3. The van der Waals surface area contributed by atoms with Gasteiger partial charge in [0.2, 0.25) is 11.8 Å². The minimum atomic E-state index is -0.352. The van der Waals surface area contributed by atoms with Crippen LogP contribution >= 0.6 is 0 Å². The lowest BCUT2D eigenvalue weighted by Gasteiger charge is -2.23. The molecule has 1 aliphatic heterocycles. The lowest BCUT2D eigenvalue weighted by molar-refractivity contribution is -0.126. The number of aryl methyl sites for hydroxylation is 2. The molecule has 1 saturated carbocycles. The van der Waals surface area contributed by atoms with Crippen LogP contribution in [-0.2, 0) is 23.1 Å². The fourth-order valence-corrected chi connectivity index (χ4v) is 2.79. The third-order valence-electron chi connectivity index (χ3n) is 4.01. The second kappa shape index (κ2) is 4.92. The first kappa shape index (κ1) is 13.1. The first-order valence-electron chi connectivity index (χ1n) is 7.23. The molecule has 2 amide bonds. The zero-order chi connectivity index (χ0) is 14.3. The van der Waals surface area contributed by atoms with E-state index in [0.29, 0.717) is 18.9 Å². The van der Waals surface area contributed by atoms with Crippen molar-refractivity contribution in [3.63, 3.8) is 0 Å². The van der Waals surface area contributed by atoms with Gasteiger partial charge in [-0.05, 0) is 25.2 Å². The van der Waals surface area contributed by atoms with Gasteiger partial charge in [-0.1, -0.05) is 6.92 Å². The van der Waals surface area contributed by atoms with E-state index in [1.807, 2.05) is 20.2 Å². The number of anilines is 1. The Labute approximate surface area is 118 Å². The Balaban J connectivity index is 1.93. The molecule has 2 aliphatic rings. The summed E-state index contributed by atoms with van der Waals surface area (Å²) in [7, 11) is 1.85. The van der Waals surface area contributed by atoms with Crippen molar-refractivity contribution in [2.24, 2.45) is 13.0 Å². The SMILES string of the molecule is CCc1nn(C)cc1N1CCC(=O)NC(C2CC2)C1=O. The molecular weight excluding hydrogens is 256 g/mol. The van der Waals surface area contributed by atoms with Gasteiger partial charge < -0.3 is 10.2 Å². The third kappa shape index (κ3) is 2.30. The summed E-state index contributed by atoms with van der Waals surface area (Å²) in [6.45, 7) is 2.46. The molecule has 6 nitrogen and oxygen atoms in total. The second-order valence-corrected chi connectivity index (χ2v) is 5.61. The first-order valence-corrected chi connectivity index (χ1v) is 7.23. The van der Waals surface area contributed by atoms with Crippen LogP contribution in [0.15, 0.2) is 6.20 Å². The molecule has 0 aromatic carbocycles. The van der Waals surface area contributed by atoms with E-state index in [1.54, 1.807) is 9.58 Å². The summed E-state index contributed by atoms with van der Waals surface area (Å²) in [6.07, 6.45) is 5.05. The molecule has 1 aliphatic carbocycles. The van der Waals surface area contributed by atoms with Crippen molar-refractivity contribution < 1.29 is 9.59 Å². The van der Waals surface area contributed by atoms with Gasteiger partial charge in [0.25, 0.3) is 0 Å². The Morgan fingerprint density at radius 2 is 2.15 bits per heavy atom. The normalized spacial score (nSPS) is 23.7. The van der Waals surface area contributed by atoms with E-state index >= 15 is 0 Å². The van der Waals surface area contributed by atoms with E-state index < -0.39 is 0 Å². The quantitative estimate of drug-likeness (QED) is 0.879. The van der Waals surface area contributed by atoms with Crippen LogP contribution in [0.1, 0.15) is 31.9 Å². The van der Waals surface area contributed by atoms with Gasteiger partial charge in [0.05, 0.1) is 11.4 Å². The molecule has 20 heavy (non-hydrogen) atoms. The molecule has 1 aromatic heterocycles. The molecule has 0 spiro atoms. The topological polar surface area (TPSA) is 67.2 Å². The number of nitrogens with zero attached hydrogens (tertiary/aromatic N) is 3. The van der Waals surface area contributed by atoms with E-state index in [0.717, 1.165) is 30.6 Å². The van der Waals surface area contributed by atoms with Crippen LogP contribution in [-0.4, -0.2) is 34.2 Å². The Morgan fingerprint density at radius 1 is 1.40 bits per heavy atom. The standard InChI is InChI=1S/C14H20N4O2/c1-3-10-11(8-17(2)16-10)18-7-6-12(19)15-13(14(18)20)9-4-5-9/h8-9,13H,3-7H2,1-2H3,(H,15,19). The molecule has 2 heterocycles. The van der Waals surface area contributed by atoms with Crippen LogP contribution in [0.5, 0.6) is 0 Å². The number of carbonyl (C=O) groups excluding carboxylic acids is 2. The van der Waals surface area contributed by atoms with Crippen LogP contribution < -0.4 is 10.2 Å². The Bertz CT molecular complexity index is 547. The van der Waals surface area contributed by atoms with Gasteiger partial charge in [-0.15, -0.1) is 0 Å². The van der Waals surface area contributed by atoms with Crippen molar-refractivity contribution >= 4 is 17.5 Å². The van der Waals surface area contributed by atoms with Crippen molar-refractivity contribution in [1.29, 1.82) is 0 Å².